The normalized spacial score (nSPS) is 12.8. The summed E-state index contributed by atoms with van der Waals surface area (Å²) >= 11 is 21.1. The lowest BCUT2D eigenvalue weighted by atomic mass is 10.0. The Hall–Kier alpha value is 0.460. The van der Waals surface area contributed by atoms with E-state index in [0.717, 1.165) is 29.3 Å². The van der Waals surface area contributed by atoms with Gasteiger partial charge in [0.05, 0.1) is 12.9 Å². The molecule has 0 radical (unpaired) electrons. The molecule has 0 N–H and O–H groups in total. The smallest absolute Gasteiger partial charge is 0.0857 e. The molecule has 17 heavy (non-hydrogen) atoms. The summed E-state index contributed by atoms with van der Waals surface area (Å²) in [5.74, 6) is 0. The number of alkyl halides is 1. The van der Waals surface area contributed by atoms with Gasteiger partial charge in [0.1, 0.15) is 0 Å². The fraction of sp³-hybridized carbons (Fsp3) is 0.167. The molecule has 5 heteroatoms. The van der Waals surface area contributed by atoms with Crippen LogP contribution in [0.25, 0.3) is 0 Å². The Balaban J connectivity index is 2.43. The van der Waals surface area contributed by atoms with Crippen molar-refractivity contribution >= 4 is 66.4 Å². The van der Waals surface area contributed by atoms with Gasteiger partial charge in [0.15, 0.2) is 0 Å². The van der Waals surface area contributed by atoms with Crippen molar-refractivity contribution in [2.24, 2.45) is 0 Å². The summed E-state index contributed by atoms with van der Waals surface area (Å²) in [5.41, 5.74) is 3.27. The number of hydrogen-bond donors (Lipinski definition) is 0. The average Bonchev–Trinajstić information content (AvgIpc) is 2.57. The van der Waals surface area contributed by atoms with E-state index in [0.29, 0.717) is 0 Å². The fourth-order valence-electron chi connectivity index (χ4n) is 1.62. The molecule has 0 aliphatic heterocycles. The summed E-state index contributed by atoms with van der Waals surface area (Å²) in [4.78, 5) is 0. The maximum Gasteiger partial charge on any atom is 0.0857 e. The van der Waals surface area contributed by atoms with Crippen LogP contribution in [0.5, 0.6) is 0 Å². The Morgan fingerprint density at radius 2 is 1.88 bits per heavy atom. The van der Waals surface area contributed by atoms with Gasteiger partial charge in [-0.15, -0.1) is 22.9 Å². The highest BCUT2D eigenvalue weighted by Crippen LogP contribution is 2.41. The van der Waals surface area contributed by atoms with Crippen LogP contribution in [0.1, 0.15) is 22.1 Å². The highest BCUT2D eigenvalue weighted by atomic mass is 79.9. The maximum absolute atomic E-state index is 6.52. The summed E-state index contributed by atoms with van der Waals surface area (Å²) in [5, 5.41) is 0.574. The van der Waals surface area contributed by atoms with Crippen molar-refractivity contribution in [2.75, 3.05) is 0 Å². The van der Waals surface area contributed by atoms with Crippen molar-refractivity contribution in [1.82, 2.24) is 0 Å². The van der Waals surface area contributed by atoms with Crippen LogP contribution < -0.4 is 0 Å². The molecule has 90 valence electrons. The maximum atomic E-state index is 6.52. The summed E-state index contributed by atoms with van der Waals surface area (Å²) < 4.78 is 2.12. The molecule has 0 saturated carbocycles. The van der Waals surface area contributed by atoms with Crippen LogP contribution in [0.4, 0.5) is 0 Å². The van der Waals surface area contributed by atoms with E-state index in [2.05, 4.69) is 31.9 Å². The summed E-state index contributed by atoms with van der Waals surface area (Å²) in [6, 6.07) is 7.82. The largest absolute Gasteiger partial charge is 0.121 e. The van der Waals surface area contributed by atoms with E-state index in [9.17, 15) is 0 Å². The summed E-state index contributed by atoms with van der Waals surface area (Å²) in [7, 11) is 0. The van der Waals surface area contributed by atoms with E-state index < -0.39 is 0 Å². The van der Waals surface area contributed by atoms with Gasteiger partial charge < -0.3 is 0 Å². The Labute approximate surface area is 131 Å². The molecule has 1 heterocycles. The first-order valence-electron chi connectivity index (χ1n) is 4.84. The number of rotatable bonds is 2. The van der Waals surface area contributed by atoms with Crippen LogP contribution in [0.2, 0.25) is 5.02 Å². The third-order valence-electron chi connectivity index (χ3n) is 2.46. The molecule has 0 saturated heterocycles. The molecule has 0 nitrogen and oxygen atoms in total. The van der Waals surface area contributed by atoms with E-state index >= 15 is 0 Å². The molecule has 0 amide bonds. The Morgan fingerprint density at radius 1 is 1.18 bits per heavy atom. The van der Waals surface area contributed by atoms with Crippen molar-refractivity contribution in [3.05, 3.63) is 53.6 Å². The minimum atomic E-state index is -0.163. The van der Waals surface area contributed by atoms with Crippen LogP contribution in [0, 0.1) is 6.92 Å². The highest BCUT2D eigenvalue weighted by molar-refractivity contribution is 9.12. The topological polar surface area (TPSA) is 0 Å². The zero-order valence-corrected chi connectivity index (χ0v) is 14.3. The summed E-state index contributed by atoms with van der Waals surface area (Å²) in [6.07, 6.45) is 0. The molecule has 2 rings (SSSR count). The molecule has 1 aromatic heterocycles. The molecule has 1 atom stereocenters. The molecule has 0 bridgehead atoms. The lowest BCUT2D eigenvalue weighted by molar-refractivity contribution is 1.11. The fourth-order valence-corrected chi connectivity index (χ4v) is 5.36. The Bertz CT molecular complexity index is 551. The molecule has 1 unspecified atom stereocenters. The second kappa shape index (κ2) is 5.62. The number of benzene rings is 1. The van der Waals surface area contributed by atoms with Gasteiger partial charge in [-0.25, -0.2) is 0 Å². The Morgan fingerprint density at radius 3 is 2.41 bits per heavy atom. The third-order valence-corrected chi connectivity index (χ3v) is 5.55. The third kappa shape index (κ3) is 3.07. The molecule has 0 aliphatic rings. The molecule has 0 fully saturated rings. The summed E-state index contributed by atoms with van der Waals surface area (Å²) in [6.45, 7) is 2.02. The van der Waals surface area contributed by atoms with Crippen molar-refractivity contribution in [1.29, 1.82) is 0 Å². The van der Waals surface area contributed by atoms with Gasteiger partial charge in [0.2, 0.25) is 0 Å². The first kappa shape index (κ1) is 13.9. The lowest BCUT2D eigenvalue weighted by Gasteiger charge is -2.12. The standard InChI is InChI=1S/C12H8Br2Cl2S/c1-6-4-7(15)2-3-8(6)11(16)9-5-10(13)17-12(9)14/h2-5,11H,1H3. The second-order valence-electron chi connectivity index (χ2n) is 3.64. The predicted molar refractivity (Wildman–Crippen MR) is 83.6 cm³/mol. The predicted octanol–water partition coefficient (Wildman–Crippen LogP) is 6.56. The average molecular weight is 415 g/mol. The first-order valence-corrected chi connectivity index (χ1v) is 8.05. The van der Waals surface area contributed by atoms with Gasteiger partial charge in [-0.3, -0.25) is 0 Å². The SMILES string of the molecule is Cc1cc(Cl)ccc1C(Cl)c1cc(Br)sc1Br. The molecular formula is C12H8Br2Cl2S. The molecule has 0 aliphatic carbocycles. The van der Waals surface area contributed by atoms with Crippen LogP contribution in [0.15, 0.2) is 31.8 Å². The first-order chi connectivity index (χ1) is 7.99. The van der Waals surface area contributed by atoms with Crippen LogP contribution in [0.3, 0.4) is 0 Å². The van der Waals surface area contributed by atoms with E-state index in [1.54, 1.807) is 11.3 Å². The van der Waals surface area contributed by atoms with Crippen LogP contribution in [-0.4, -0.2) is 0 Å². The van der Waals surface area contributed by atoms with E-state index in [1.807, 2.05) is 31.2 Å². The minimum absolute atomic E-state index is 0.163. The van der Waals surface area contributed by atoms with Crippen molar-refractivity contribution in [3.8, 4) is 0 Å². The molecular weight excluding hydrogens is 407 g/mol. The number of hydrogen-bond acceptors (Lipinski definition) is 1. The second-order valence-corrected chi connectivity index (χ2v) is 8.27. The zero-order valence-electron chi connectivity index (χ0n) is 8.81. The van der Waals surface area contributed by atoms with Gasteiger partial charge in [-0.05, 0) is 68.1 Å². The van der Waals surface area contributed by atoms with Gasteiger partial charge >= 0.3 is 0 Å². The molecule has 2 aromatic rings. The van der Waals surface area contributed by atoms with Gasteiger partial charge in [0.25, 0.3) is 0 Å². The van der Waals surface area contributed by atoms with E-state index in [1.165, 1.54) is 0 Å². The van der Waals surface area contributed by atoms with Crippen LogP contribution in [-0.2, 0) is 0 Å². The van der Waals surface area contributed by atoms with Gasteiger partial charge in [-0.1, -0.05) is 17.7 Å². The van der Waals surface area contributed by atoms with Crippen molar-refractivity contribution in [2.45, 2.75) is 12.3 Å². The zero-order chi connectivity index (χ0) is 12.6. The van der Waals surface area contributed by atoms with Gasteiger partial charge in [0, 0.05) is 10.6 Å². The van der Waals surface area contributed by atoms with Crippen molar-refractivity contribution < 1.29 is 0 Å². The highest BCUT2D eigenvalue weighted by Gasteiger charge is 2.18. The monoisotopic (exact) mass is 412 g/mol. The lowest BCUT2D eigenvalue weighted by Crippen LogP contribution is -1.95. The van der Waals surface area contributed by atoms with E-state index in [-0.39, 0.29) is 5.38 Å². The minimum Gasteiger partial charge on any atom is -0.121 e. The number of thiophene rings is 1. The number of halogens is 4. The van der Waals surface area contributed by atoms with E-state index in [4.69, 9.17) is 23.2 Å². The quantitative estimate of drug-likeness (QED) is 0.488. The molecule has 1 aromatic carbocycles. The number of aryl methyl sites for hydroxylation is 1. The van der Waals surface area contributed by atoms with Gasteiger partial charge in [-0.2, -0.15) is 0 Å². The van der Waals surface area contributed by atoms with Crippen molar-refractivity contribution in [3.63, 3.8) is 0 Å². The van der Waals surface area contributed by atoms with Crippen LogP contribution >= 0.6 is 66.4 Å². The Kier molecular flexibility index (Phi) is 4.59. The molecule has 0 spiro atoms.